The summed E-state index contributed by atoms with van der Waals surface area (Å²) < 4.78 is 5.19. The first-order valence-electron chi connectivity index (χ1n) is 5.40. The van der Waals surface area contributed by atoms with E-state index < -0.39 is 12.0 Å². The van der Waals surface area contributed by atoms with Gasteiger partial charge in [-0.15, -0.1) is 11.3 Å². The van der Waals surface area contributed by atoms with Crippen LogP contribution in [-0.2, 0) is 9.53 Å². The van der Waals surface area contributed by atoms with Gasteiger partial charge >= 0.3 is 5.97 Å². The summed E-state index contributed by atoms with van der Waals surface area (Å²) in [5, 5.41) is 14.2. The molecular formula is C10H17N3O3S. The van der Waals surface area contributed by atoms with E-state index in [0.29, 0.717) is 17.4 Å². The molecule has 0 spiro atoms. The van der Waals surface area contributed by atoms with Crippen molar-refractivity contribution >= 4 is 22.4 Å². The monoisotopic (exact) mass is 259 g/mol. The molecule has 0 amide bonds. The Balaban J connectivity index is 2.33. The van der Waals surface area contributed by atoms with Crippen molar-refractivity contribution < 1.29 is 14.6 Å². The van der Waals surface area contributed by atoms with Gasteiger partial charge in [-0.25, -0.2) is 4.98 Å². The normalized spacial score (nSPS) is 12.4. The lowest BCUT2D eigenvalue weighted by atomic mass is 10.2. The summed E-state index contributed by atoms with van der Waals surface area (Å²) in [6.45, 7) is 4.12. The van der Waals surface area contributed by atoms with Crippen molar-refractivity contribution in [3.63, 3.8) is 0 Å². The first-order chi connectivity index (χ1) is 8.15. The van der Waals surface area contributed by atoms with E-state index in [1.807, 2.05) is 6.92 Å². The minimum atomic E-state index is -1.07. The highest BCUT2D eigenvalue weighted by Gasteiger charge is 2.17. The van der Waals surface area contributed by atoms with Gasteiger partial charge in [-0.1, -0.05) is 0 Å². The van der Waals surface area contributed by atoms with Gasteiger partial charge in [0.25, 0.3) is 0 Å². The van der Waals surface area contributed by atoms with Crippen LogP contribution >= 0.6 is 11.3 Å². The number of anilines is 1. The average molecular weight is 259 g/mol. The minimum Gasteiger partial charge on any atom is -0.480 e. The van der Waals surface area contributed by atoms with Crippen LogP contribution in [0.4, 0.5) is 5.13 Å². The summed E-state index contributed by atoms with van der Waals surface area (Å²) in [7, 11) is 0. The number of carboxylic acid groups (broad SMARTS) is 1. The number of rotatable bonds is 8. The van der Waals surface area contributed by atoms with Gasteiger partial charge in [0.05, 0.1) is 5.69 Å². The fraction of sp³-hybridized carbons (Fsp3) is 0.600. The lowest BCUT2D eigenvalue weighted by molar-refractivity contribution is -0.138. The molecule has 0 aliphatic heterocycles. The molecule has 0 fully saturated rings. The summed E-state index contributed by atoms with van der Waals surface area (Å²) in [5.41, 5.74) is 5.83. The molecule has 1 aromatic rings. The highest BCUT2D eigenvalue weighted by molar-refractivity contribution is 7.13. The summed E-state index contributed by atoms with van der Waals surface area (Å²) in [6.07, 6.45) is 0.883. The van der Waals surface area contributed by atoms with E-state index in [9.17, 15) is 4.79 Å². The molecule has 0 aliphatic carbocycles. The quantitative estimate of drug-likeness (QED) is 0.604. The number of ether oxygens (including phenoxy) is 1. The number of carboxylic acids is 1. The fourth-order valence-electron chi connectivity index (χ4n) is 1.15. The van der Waals surface area contributed by atoms with Crippen molar-refractivity contribution in [1.29, 1.82) is 0 Å². The molecule has 0 bridgehead atoms. The van der Waals surface area contributed by atoms with Crippen LogP contribution in [0.1, 0.15) is 25.1 Å². The summed E-state index contributed by atoms with van der Waals surface area (Å²) in [5.74, 6) is -1.07. The number of aliphatic carboxylic acids is 1. The Morgan fingerprint density at radius 1 is 1.76 bits per heavy atom. The topological polar surface area (TPSA) is 97.5 Å². The van der Waals surface area contributed by atoms with Gasteiger partial charge in [-0.05, 0) is 13.3 Å². The zero-order chi connectivity index (χ0) is 12.7. The minimum absolute atomic E-state index is 0.384. The third kappa shape index (κ3) is 4.68. The number of aromatic nitrogens is 1. The molecule has 0 radical (unpaired) electrons. The van der Waals surface area contributed by atoms with Gasteiger partial charge in [-0.3, -0.25) is 4.79 Å². The summed E-state index contributed by atoms with van der Waals surface area (Å²) >= 11 is 1.35. The van der Waals surface area contributed by atoms with Gasteiger partial charge in [0.1, 0.15) is 6.04 Å². The standard InChI is InChI=1S/C10H17N3O3S/c1-2-16-5-3-4-12-10-13-7(6-17-10)8(11)9(14)15/h6,8H,2-5,11H2,1H3,(H,12,13)(H,14,15). The van der Waals surface area contributed by atoms with Gasteiger partial charge < -0.3 is 20.9 Å². The Hall–Kier alpha value is -1.18. The SMILES string of the molecule is CCOCCCNc1nc(C(N)C(=O)O)cs1. The molecule has 17 heavy (non-hydrogen) atoms. The molecule has 1 unspecified atom stereocenters. The Kier molecular flexibility index (Phi) is 5.88. The number of thiazole rings is 1. The highest BCUT2D eigenvalue weighted by Crippen LogP contribution is 2.19. The van der Waals surface area contributed by atoms with Crippen LogP contribution in [0.15, 0.2) is 5.38 Å². The molecular weight excluding hydrogens is 242 g/mol. The van der Waals surface area contributed by atoms with Gasteiger partial charge in [-0.2, -0.15) is 0 Å². The van der Waals surface area contributed by atoms with Crippen LogP contribution in [0.5, 0.6) is 0 Å². The Bertz CT molecular complexity index is 356. The number of hydrogen-bond donors (Lipinski definition) is 3. The van der Waals surface area contributed by atoms with Gasteiger partial charge in [0.2, 0.25) is 0 Å². The van der Waals surface area contributed by atoms with Crippen LogP contribution in [-0.4, -0.2) is 35.8 Å². The highest BCUT2D eigenvalue weighted by atomic mass is 32.1. The largest absolute Gasteiger partial charge is 0.480 e. The van der Waals surface area contributed by atoms with E-state index in [-0.39, 0.29) is 0 Å². The van der Waals surface area contributed by atoms with E-state index in [1.54, 1.807) is 5.38 Å². The van der Waals surface area contributed by atoms with Crippen LogP contribution in [0.25, 0.3) is 0 Å². The number of nitrogens with zero attached hydrogens (tertiary/aromatic N) is 1. The second-order valence-electron chi connectivity index (χ2n) is 3.37. The predicted molar refractivity (Wildman–Crippen MR) is 66.3 cm³/mol. The molecule has 0 saturated heterocycles. The predicted octanol–water partition coefficient (Wildman–Crippen LogP) is 1.07. The fourth-order valence-corrected chi connectivity index (χ4v) is 1.93. The lowest BCUT2D eigenvalue weighted by Gasteiger charge is -2.03. The first kappa shape index (κ1) is 13.9. The van der Waals surface area contributed by atoms with Gasteiger partial charge in [0, 0.05) is 25.1 Å². The Morgan fingerprint density at radius 3 is 3.18 bits per heavy atom. The first-order valence-corrected chi connectivity index (χ1v) is 6.28. The van der Waals surface area contributed by atoms with Crippen molar-refractivity contribution in [2.24, 2.45) is 5.73 Å². The second kappa shape index (κ2) is 7.21. The van der Waals surface area contributed by atoms with E-state index in [4.69, 9.17) is 15.6 Å². The van der Waals surface area contributed by atoms with E-state index in [0.717, 1.165) is 19.6 Å². The summed E-state index contributed by atoms with van der Waals surface area (Å²) in [6, 6.07) is -1.05. The van der Waals surface area contributed by atoms with Gasteiger partial charge in [0.15, 0.2) is 5.13 Å². The lowest BCUT2D eigenvalue weighted by Crippen LogP contribution is -2.20. The molecule has 6 nitrogen and oxygen atoms in total. The molecule has 0 aromatic carbocycles. The van der Waals surface area contributed by atoms with Crippen molar-refractivity contribution in [1.82, 2.24) is 4.98 Å². The molecule has 0 saturated carbocycles. The molecule has 7 heteroatoms. The second-order valence-corrected chi connectivity index (χ2v) is 4.23. The number of carbonyl (C=O) groups is 1. The Morgan fingerprint density at radius 2 is 2.53 bits per heavy atom. The molecule has 1 atom stereocenters. The third-order valence-electron chi connectivity index (χ3n) is 2.05. The van der Waals surface area contributed by atoms with Crippen molar-refractivity contribution in [3.05, 3.63) is 11.1 Å². The number of nitrogens with one attached hydrogen (secondary N) is 1. The smallest absolute Gasteiger partial charge is 0.326 e. The van der Waals surface area contributed by atoms with Crippen molar-refractivity contribution in [3.8, 4) is 0 Å². The van der Waals surface area contributed by atoms with E-state index >= 15 is 0 Å². The maximum absolute atomic E-state index is 10.6. The molecule has 1 rings (SSSR count). The molecule has 96 valence electrons. The molecule has 1 aromatic heterocycles. The zero-order valence-electron chi connectivity index (χ0n) is 9.68. The summed E-state index contributed by atoms with van der Waals surface area (Å²) in [4.78, 5) is 14.8. The average Bonchev–Trinajstić information content (AvgIpc) is 2.76. The maximum atomic E-state index is 10.6. The molecule has 4 N–H and O–H groups in total. The maximum Gasteiger partial charge on any atom is 0.326 e. The third-order valence-corrected chi connectivity index (χ3v) is 2.87. The Labute approximate surface area is 104 Å². The molecule has 1 heterocycles. The number of hydrogen-bond acceptors (Lipinski definition) is 6. The van der Waals surface area contributed by atoms with Crippen molar-refractivity contribution in [2.75, 3.05) is 25.1 Å². The van der Waals surface area contributed by atoms with Crippen LogP contribution < -0.4 is 11.1 Å². The molecule has 0 aliphatic rings. The van der Waals surface area contributed by atoms with Crippen LogP contribution in [0, 0.1) is 0 Å². The van der Waals surface area contributed by atoms with E-state index in [1.165, 1.54) is 11.3 Å². The van der Waals surface area contributed by atoms with E-state index in [2.05, 4.69) is 10.3 Å². The zero-order valence-corrected chi connectivity index (χ0v) is 10.5. The van der Waals surface area contributed by atoms with Crippen LogP contribution in [0.3, 0.4) is 0 Å². The van der Waals surface area contributed by atoms with Crippen LogP contribution in [0.2, 0.25) is 0 Å². The number of nitrogens with two attached hydrogens (primary N) is 1. The van der Waals surface area contributed by atoms with Crippen molar-refractivity contribution in [2.45, 2.75) is 19.4 Å².